The summed E-state index contributed by atoms with van der Waals surface area (Å²) in [6.07, 6.45) is 0.790. The van der Waals surface area contributed by atoms with Gasteiger partial charge in [0.2, 0.25) is 5.91 Å². The molecule has 1 N–H and O–H groups in total. The van der Waals surface area contributed by atoms with E-state index in [-0.39, 0.29) is 18.1 Å². The molecule has 0 unspecified atom stereocenters. The average Bonchev–Trinajstić information content (AvgIpc) is 2.38. The van der Waals surface area contributed by atoms with Crippen LogP contribution < -0.4 is 5.32 Å². The molecular weight excluding hydrogens is 240 g/mol. The van der Waals surface area contributed by atoms with E-state index in [9.17, 15) is 4.79 Å². The van der Waals surface area contributed by atoms with Gasteiger partial charge in [-0.15, -0.1) is 0 Å². The number of hydrogen-bond donors (Lipinski definition) is 1. The molecule has 0 aromatic heterocycles. The monoisotopic (exact) mass is 262 g/mol. The maximum absolute atomic E-state index is 12.1. The van der Waals surface area contributed by atoms with Crippen molar-refractivity contribution >= 4 is 11.6 Å². The molecule has 1 saturated heterocycles. The smallest absolute Gasteiger partial charge is 0.224 e. The molecular formula is C15H22N2O2. The summed E-state index contributed by atoms with van der Waals surface area (Å²) in [5, 5.41) is 3.26. The van der Waals surface area contributed by atoms with Crippen LogP contribution in [0, 0.1) is 0 Å². The minimum Gasteiger partial charge on any atom is -0.385 e. The Morgan fingerprint density at radius 1 is 1.26 bits per heavy atom. The number of hydrogen-bond acceptors (Lipinski definition) is 3. The fraction of sp³-hybridized carbons (Fsp3) is 0.533. The zero-order valence-electron chi connectivity index (χ0n) is 11.6. The largest absolute Gasteiger partial charge is 0.385 e. The summed E-state index contributed by atoms with van der Waals surface area (Å²) in [7, 11) is 0. The third-order valence-corrected chi connectivity index (χ3v) is 3.21. The van der Waals surface area contributed by atoms with Crippen LogP contribution in [0.2, 0.25) is 0 Å². The summed E-state index contributed by atoms with van der Waals surface area (Å²) in [5.74, 6) is 0.199. The van der Waals surface area contributed by atoms with Crippen LogP contribution >= 0.6 is 0 Å². The van der Waals surface area contributed by atoms with E-state index in [1.807, 2.05) is 49.1 Å². The fourth-order valence-corrected chi connectivity index (χ4v) is 2.41. The van der Waals surface area contributed by atoms with Crippen LogP contribution in [0.25, 0.3) is 0 Å². The van der Waals surface area contributed by atoms with Gasteiger partial charge >= 0.3 is 0 Å². The Labute approximate surface area is 114 Å². The third kappa shape index (κ3) is 4.24. The number of anilines is 1. The SMILES string of the molecule is C[C@@H]1CN(C(=O)CCNc2ccccc2)C[C@@H](C)O1. The number of morpholine rings is 1. The van der Waals surface area contributed by atoms with Gasteiger partial charge in [0.15, 0.2) is 0 Å². The van der Waals surface area contributed by atoms with E-state index in [1.165, 1.54) is 0 Å². The molecule has 2 rings (SSSR count). The van der Waals surface area contributed by atoms with Crippen molar-refractivity contribution < 1.29 is 9.53 Å². The molecule has 1 aromatic carbocycles. The molecule has 1 amide bonds. The highest BCUT2D eigenvalue weighted by Gasteiger charge is 2.25. The van der Waals surface area contributed by atoms with Crippen molar-refractivity contribution in [1.82, 2.24) is 4.90 Å². The summed E-state index contributed by atoms with van der Waals surface area (Å²) in [4.78, 5) is 14.0. The number of ether oxygens (including phenoxy) is 1. The Bertz CT molecular complexity index is 398. The topological polar surface area (TPSA) is 41.6 Å². The Balaban J connectivity index is 1.75. The second-order valence-corrected chi connectivity index (χ2v) is 5.10. The summed E-state index contributed by atoms with van der Waals surface area (Å²) in [5.41, 5.74) is 1.05. The Kier molecular flexibility index (Phi) is 4.80. The number of nitrogens with one attached hydrogen (secondary N) is 1. The van der Waals surface area contributed by atoms with Crippen molar-refractivity contribution in [3.8, 4) is 0 Å². The number of para-hydroxylation sites is 1. The van der Waals surface area contributed by atoms with Crippen LogP contribution in [0.4, 0.5) is 5.69 Å². The Morgan fingerprint density at radius 3 is 2.53 bits per heavy atom. The molecule has 1 aromatic rings. The first kappa shape index (κ1) is 13.9. The predicted octanol–water partition coefficient (Wildman–Crippen LogP) is 2.12. The lowest BCUT2D eigenvalue weighted by atomic mass is 10.2. The highest BCUT2D eigenvalue weighted by atomic mass is 16.5. The van der Waals surface area contributed by atoms with Crippen molar-refractivity contribution in [2.45, 2.75) is 32.5 Å². The van der Waals surface area contributed by atoms with E-state index in [4.69, 9.17) is 4.74 Å². The van der Waals surface area contributed by atoms with Crippen molar-refractivity contribution in [2.75, 3.05) is 25.0 Å². The molecule has 2 atom stereocenters. The van der Waals surface area contributed by atoms with Crippen LogP contribution in [-0.4, -0.2) is 42.6 Å². The van der Waals surface area contributed by atoms with E-state index < -0.39 is 0 Å². The van der Waals surface area contributed by atoms with E-state index >= 15 is 0 Å². The lowest BCUT2D eigenvalue weighted by molar-refractivity contribution is -0.142. The molecule has 1 aliphatic rings. The molecule has 0 spiro atoms. The molecule has 1 aliphatic heterocycles. The van der Waals surface area contributed by atoms with Crippen molar-refractivity contribution in [3.05, 3.63) is 30.3 Å². The highest BCUT2D eigenvalue weighted by molar-refractivity contribution is 5.77. The maximum atomic E-state index is 12.1. The van der Waals surface area contributed by atoms with Gasteiger partial charge in [0.25, 0.3) is 0 Å². The van der Waals surface area contributed by atoms with Crippen molar-refractivity contribution in [1.29, 1.82) is 0 Å². The molecule has 1 fully saturated rings. The van der Waals surface area contributed by atoms with Crippen LogP contribution in [0.1, 0.15) is 20.3 Å². The quantitative estimate of drug-likeness (QED) is 0.903. The maximum Gasteiger partial charge on any atom is 0.224 e. The number of benzene rings is 1. The Hall–Kier alpha value is -1.55. The minimum atomic E-state index is 0.134. The number of carbonyl (C=O) groups excluding carboxylic acids is 1. The van der Waals surface area contributed by atoms with E-state index in [0.29, 0.717) is 26.1 Å². The summed E-state index contributed by atoms with van der Waals surface area (Å²) >= 11 is 0. The fourth-order valence-electron chi connectivity index (χ4n) is 2.41. The predicted molar refractivity (Wildman–Crippen MR) is 76.1 cm³/mol. The molecule has 4 heteroatoms. The first-order valence-corrected chi connectivity index (χ1v) is 6.87. The Morgan fingerprint density at radius 2 is 1.89 bits per heavy atom. The highest BCUT2D eigenvalue weighted by Crippen LogP contribution is 2.12. The van der Waals surface area contributed by atoms with Gasteiger partial charge in [-0.25, -0.2) is 0 Å². The lowest BCUT2D eigenvalue weighted by Gasteiger charge is -2.35. The molecule has 19 heavy (non-hydrogen) atoms. The number of amides is 1. The normalized spacial score (nSPS) is 23.2. The molecule has 0 aliphatic carbocycles. The summed E-state index contributed by atoms with van der Waals surface area (Å²) in [6, 6.07) is 9.95. The number of carbonyl (C=O) groups is 1. The second kappa shape index (κ2) is 6.57. The van der Waals surface area contributed by atoms with Crippen LogP contribution in [0.5, 0.6) is 0 Å². The number of rotatable bonds is 4. The minimum absolute atomic E-state index is 0.134. The molecule has 0 saturated carbocycles. The molecule has 0 bridgehead atoms. The molecule has 104 valence electrons. The second-order valence-electron chi connectivity index (χ2n) is 5.10. The summed E-state index contributed by atoms with van der Waals surface area (Å²) < 4.78 is 5.63. The van der Waals surface area contributed by atoms with Gasteiger partial charge in [-0.3, -0.25) is 4.79 Å². The standard InChI is InChI=1S/C15H22N2O2/c1-12-10-17(11-13(2)19-12)15(18)8-9-16-14-6-4-3-5-7-14/h3-7,12-13,16H,8-11H2,1-2H3/t12-,13-/m1/s1. The van der Waals surface area contributed by atoms with Crippen LogP contribution in [0.3, 0.4) is 0 Å². The molecule has 0 radical (unpaired) electrons. The van der Waals surface area contributed by atoms with E-state index in [0.717, 1.165) is 5.69 Å². The van der Waals surface area contributed by atoms with Gasteiger partial charge in [0.1, 0.15) is 0 Å². The van der Waals surface area contributed by atoms with Crippen molar-refractivity contribution in [2.24, 2.45) is 0 Å². The van der Waals surface area contributed by atoms with E-state index in [1.54, 1.807) is 0 Å². The van der Waals surface area contributed by atoms with Crippen molar-refractivity contribution in [3.63, 3.8) is 0 Å². The van der Waals surface area contributed by atoms with Gasteiger partial charge in [0.05, 0.1) is 12.2 Å². The lowest BCUT2D eigenvalue weighted by Crippen LogP contribution is -2.48. The first-order valence-electron chi connectivity index (χ1n) is 6.87. The van der Waals surface area contributed by atoms with Gasteiger partial charge in [-0.05, 0) is 26.0 Å². The zero-order chi connectivity index (χ0) is 13.7. The van der Waals surface area contributed by atoms with Gasteiger partial charge in [0, 0.05) is 31.7 Å². The van der Waals surface area contributed by atoms with Crippen LogP contribution in [0.15, 0.2) is 30.3 Å². The van der Waals surface area contributed by atoms with Gasteiger partial charge in [-0.2, -0.15) is 0 Å². The van der Waals surface area contributed by atoms with E-state index in [2.05, 4.69) is 5.32 Å². The summed E-state index contributed by atoms with van der Waals surface area (Å²) in [6.45, 7) is 6.10. The van der Waals surface area contributed by atoms with Gasteiger partial charge in [-0.1, -0.05) is 18.2 Å². The molecule has 4 nitrogen and oxygen atoms in total. The van der Waals surface area contributed by atoms with Crippen LogP contribution in [-0.2, 0) is 9.53 Å². The number of nitrogens with zero attached hydrogens (tertiary/aromatic N) is 1. The van der Waals surface area contributed by atoms with Gasteiger partial charge < -0.3 is 15.0 Å². The average molecular weight is 262 g/mol. The zero-order valence-corrected chi connectivity index (χ0v) is 11.6. The first-order chi connectivity index (χ1) is 9.15. The third-order valence-electron chi connectivity index (χ3n) is 3.21. The molecule has 1 heterocycles.